The molecule has 0 radical (unpaired) electrons. The number of phenols is 1. The number of nitriles is 1. The summed E-state index contributed by atoms with van der Waals surface area (Å²) in [6.45, 7) is 2.12. The predicted octanol–water partition coefficient (Wildman–Crippen LogP) is 4.33. The number of aryl methyl sites for hydroxylation is 1. The number of hydrogen-bond donors (Lipinski definition) is 1. The highest BCUT2D eigenvalue weighted by molar-refractivity contribution is 7.21. The van der Waals surface area contributed by atoms with Crippen LogP contribution in [0.3, 0.4) is 0 Å². The molecule has 1 N–H and O–H groups in total. The molecule has 0 amide bonds. The van der Waals surface area contributed by atoms with E-state index in [0.717, 1.165) is 20.6 Å². The molecule has 0 bridgehead atoms. The minimum Gasteiger partial charge on any atom is -0.506 e. The van der Waals surface area contributed by atoms with Gasteiger partial charge in [-0.3, -0.25) is 0 Å². The zero-order valence-corrected chi connectivity index (χ0v) is 16.6. The largest absolute Gasteiger partial charge is 0.506 e. The summed E-state index contributed by atoms with van der Waals surface area (Å²) in [4.78, 5) is 17.9. The molecule has 4 rings (SSSR count). The van der Waals surface area contributed by atoms with E-state index in [0.29, 0.717) is 11.3 Å². The minimum atomic E-state index is -0.784. The van der Waals surface area contributed by atoms with Crippen LogP contribution in [0.2, 0.25) is 0 Å². The smallest absolute Gasteiger partial charge is 0.316 e. The lowest BCUT2D eigenvalue weighted by molar-refractivity contribution is 0.280. The molecule has 1 aromatic carbocycles. The molecule has 10 heteroatoms. The van der Waals surface area contributed by atoms with Gasteiger partial charge in [-0.1, -0.05) is 0 Å². The maximum atomic E-state index is 14.0. The number of hydrogen-bond acceptors (Lipinski definition) is 9. The molecule has 0 unspecified atom stereocenters. The summed E-state index contributed by atoms with van der Waals surface area (Å²) in [5, 5.41) is 22.0. The quantitative estimate of drug-likeness (QED) is 0.507. The zero-order chi connectivity index (χ0) is 20.4. The van der Waals surface area contributed by atoms with E-state index in [1.807, 2.05) is 6.92 Å². The van der Waals surface area contributed by atoms with Gasteiger partial charge in [0.1, 0.15) is 39.8 Å². The number of aromatic nitrogens is 4. The van der Waals surface area contributed by atoms with Gasteiger partial charge in [-0.2, -0.15) is 5.26 Å². The van der Waals surface area contributed by atoms with E-state index in [9.17, 15) is 9.50 Å². The van der Waals surface area contributed by atoms with Crippen molar-refractivity contribution in [1.29, 1.82) is 5.26 Å². The number of rotatable bonds is 5. The van der Waals surface area contributed by atoms with E-state index in [4.69, 9.17) is 10.00 Å². The Morgan fingerprint density at radius 1 is 1.24 bits per heavy atom. The number of benzene rings is 1. The number of ether oxygens (including phenoxy) is 1. The summed E-state index contributed by atoms with van der Waals surface area (Å²) in [7, 11) is 0. The lowest BCUT2D eigenvalue weighted by atomic mass is 10.1. The van der Waals surface area contributed by atoms with Gasteiger partial charge in [-0.15, -0.1) is 22.7 Å². The number of thiazole rings is 2. The average Bonchev–Trinajstić information content (AvgIpc) is 3.33. The third-order valence-corrected chi connectivity index (χ3v) is 6.01. The molecule has 0 aliphatic carbocycles. The highest BCUT2D eigenvalue weighted by atomic mass is 32.1. The predicted molar refractivity (Wildman–Crippen MR) is 106 cm³/mol. The highest BCUT2D eigenvalue weighted by Gasteiger charge is 2.17. The maximum Gasteiger partial charge on any atom is 0.316 e. The lowest BCUT2D eigenvalue weighted by Crippen LogP contribution is -1.98. The second-order valence-electron chi connectivity index (χ2n) is 5.84. The minimum absolute atomic E-state index is 0.239. The van der Waals surface area contributed by atoms with E-state index >= 15 is 0 Å². The van der Waals surface area contributed by atoms with Crippen LogP contribution in [0.25, 0.3) is 21.1 Å². The van der Waals surface area contributed by atoms with Gasteiger partial charge in [-0.25, -0.2) is 24.3 Å². The van der Waals surface area contributed by atoms with Gasteiger partial charge in [0, 0.05) is 23.3 Å². The Bertz CT molecular complexity index is 1190. The first-order valence-corrected chi connectivity index (χ1v) is 9.99. The van der Waals surface area contributed by atoms with E-state index < -0.39 is 11.6 Å². The fourth-order valence-corrected chi connectivity index (χ4v) is 4.51. The second kappa shape index (κ2) is 7.90. The first kappa shape index (κ1) is 18.9. The Morgan fingerprint density at radius 3 is 2.76 bits per heavy atom. The molecule has 3 aromatic heterocycles. The number of nitrogens with zero attached hydrogens (tertiary/aromatic N) is 5. The van der Waals surface area contributed by atoms with Crippen molar-refractivity contribution in [3.05, 3.63) is 58.1 Å². The van der Waals surface area contributed by atoms with Crippen LogP contribution in [0.15, 0.2) is 36.0 Å². The van der Waals surface area contributed by atoms with E-state index in [1.54, 1.807) is 29.9 Å². The van der Waals surface area contributed by atoms with Crippen LogP contribution in [-0.4, -0.2) is 25.0 Å². The third kappa shape index (κ3) is 3.91. The van der Waals surface area contributed by atoms with Gasteiger partial charge < -0.3 is 9.84 Å². The van der Waals surface area contributed by atoms with Crippen LogP contribution in [0.5, 0.6) is 11.8 Å². The SMILES string of the molecule is Cc1nc(COc2ncccn2)sc1-c1nc(-c2cc(O)c(C#N)c(F)c2)cs1. The van der Waals surface area contributed by atoms with Gasteiger partial charge in [0.2, 0.25) is 0 Å². The summed E-state index contributed by atoms with van der Waals surface area (Å²) in [6.07, 6.45) is 3.20. The number of aromatic hydroxyl groups is 1. The monoisotopic (exact) mass is 425 g/mol. The van der Waals surface area contributed by atoms with Crippen molar-refractivity contribution in [3.8, 4) is 39.0 Å². The molecule has 0 fully saturated rings. The van der Waals surface area contributed by atoms with Crippen molar-refractivity contribution >= 4 is 22.7 Å². The fraction of sp³-hybridized carbons (Fsp3) is 0.105. The Labute approximate surface area is 172 Å². The molecule has 0 aliphatic heterocycles. The van der Waals surface area contributed by atoms with Gasteiger partial charge >= 0.3 is 6.01 Å². The van der Waals surface area contributed by atoms with E-state index in [2.05, 4.69) is 19.9 Å². The molecule has 0 saturated carbocycles. The van der Waals surface area contributed by atoms with Crippen LogP contribution in [0.4, 0.5) is 4.39 Å². The molecule has 4 aromatic rings. The average molecular weight is 425 g/mol. The first-order valence-electron chi connectivity index (χ1n) is 8.30. The molecule has 3 heterocycles. The third-order valence-electron chi connectivity index (χ3n) is 3.88. The second-order valence-corrected chi connectivity index (χ2v) is 7.79. The zero-order valence-electron chi connectivity index (χ0n) is 15.0. The molecule has 0 aliphatic rings. The van der Waals surface area contributed by atoms with Crippen LogP contribution >= 0.6 is 22.7 Å². The Balaban J connectivity index is 1.57. The van der Waals surface area contributed by atoms with Crippen LogP contribution in [0.1, 0.15) is 16.3 Å². The number of phenolic OH excluding ortho intramolecular Hbond substituents is 1. The molecule has 0 spiro atoms. The van der Waals surface area contributed by atoms with Crippen molar-refractivity contribution in [3.63, 3.8) is 0 Å². The summed E-state index contributed by atoms with van der Waals surface area (Å²) >= 11 is 2.83. The van der Waals surface area contributed by atoms with Crippen molar-refractivity contribution in [1.82, 2.24) is 19.9 Å². The Kier molecular flexibility index (Phi) is 5.16. The molecule has 7 nitrogen and oxygen atoms in total. The van der Waals surface area contributed by atoms with Crippen molar-refractivity contribution < 1.29 is 14.2 Å². The van der Waals surface area contributed by atoms with Crippen LogP contribution in [-0.2, 0) is 6.61 Å². The van der Waals surface area contributed by atoms with Crippen molar-refractivity contribution in [2.75, 3.05) is 0 Å². The van der Waals surface area contributed by atoms with Crippen LogP contribution < -0.4 is 4.74 Å². The van der Waals surface area contributed by atoms with Gasteiger partial charge in [0.05, 0.1) is 16.3 Å². The van der Waals surface area contributed by atoms with Gasteiger partial charge in [0.15, 0.2) is 0 Å². The van der Waals surface area contributed by atoms with Crippen LogP contribution in [0, 0.1) is 24.1 Å². The van der Waals surface area contributed by atoms with Crippen molar-refractivity contribution in [2.45, 2.75) is 13.5 Å². The fourth-order valence-electron chi connectivity index (χ4n) is 2.56. The standard InChI is InChI=1S/C19H12FN5O2S2/c1-10-17(29-16(24-10)8-27-19-22-3-2-4-23-19)18-25-14(9-28-18)11-5-13(20)12(7-21)15(26)6-11/h2-6,9,26H,8H2,1H3. The molecular formula is C19H12FN5O2S2. The van der Waals surface area contributed by atoms with Crippen molar-refractivity contribution in [2.24, 2.45) is 0 Å². The summed E-state index contributed by atoms with van der Waals surface area (Å²) in [6, 6.07) is 6.14. The van der Waals surface area contributed by atoms with E-state index in [1.165, 1.54) is 34.8 Å². The first-order chi connectivity index (χ1) is 14.0. The molecule has 0 saturated heterocycles. The Hall–Kier alpha value is -3.42. The summed E-state index contributed by atoms with van der Waals surface area (Å²) in [5.74, 6) is -1.19. The van der Waals surface area contributed by atoms with E-state index in [-0.39, 0.29) is 18.2 Å². The Morgan fingerprint density at radius 2 is 2.03 bits per heavy atom. The molecule has 144 valence electrons. The van der Waals surface area contributed by atoms with Gasteiger partial charge in [0.25, 0.3) is 0 Å². The molecule has 29 heavy (non-hydrogen) atoms. The topological polar surface area (TPSA) is 105 Å². The molecule has 0 atom stereocenters. The van der Waals surface area contributed by atoms with Gasteiger partial charge in [-0.05, 0) is 25.1 Å². The lowest BCUT2D eigenvalue weighted by Gasteiger charge is -2.02. The maximum absolute atomic E-state index is 14.0. The number of halogens is 1. The summed E-state index contributed by atoms with van der Waals surface area (Å²) < 4.78 is 19.5. The highest BCUT2D eigenvalue weighted by Crippen LogP contribution is 2.36. The molecular weight excluding hydrogens is 413 g/mol. The normalized spacial score (nSPS) is 10.7. The summed E-state index contributed by atoms with van der Waals surface area (Å²) in [5.41, 5.74) is 1.33.